The van der Waals surface area contributed by atoms with Gasteiger partial charge < -0.3 is 14.7 Å². The smallest absolute Gasteiger partial charge is 0.242 e. The highest BCUT2D eigenvalue weighted by Gasteiger charge is 2.44. The van der Waals surface area contributed by atoms with E-state index in [0.717, 1.165) is 12.8 Å². The number of carbonyl (C=O) groups is 2. The lowest BCUT2D eigenvalue weighted by Crippen LogP contribution is -2.57. The zero-order chi connectivity index (χ0) is 16.5. The molecule has 2 bridgehead atoms. The third-order valence-corrected chi connectivity index (χ3v) is 4.39. The molecule has 9 nitrogen and oxygen atoms in total. The van der Waals surface area contributed by atoms with Crippen LogP contribution in [0.3, 0.4) is 0 Å². The van der Waals surface area contributed by atoms with E-state index in [1.54, 1.807) is 23.4 Å². The molecule has 4 rings (SSSR count). The fourth-order valence-corrected chi connectivity index (χ4v) is 3.26. The second-order valence-corrected chi connectivity index (χ2v) is 5.88. The van der Waals surface area contributed by atoms with Crippen LogP contribution in [0.15, 0.2) is 23.0 Å². The molecule has 2 aromatic heterocycles. The molecule has 124 valence electrons. The van der Waals surface area contributed by atoms with Crippen LogP contribution in [0.4, 0.5) is 0 Å². The molecule has 1 N–H and O–H groups in total. The van der Waals surface area contributed by atoms with Crippen molar-refractivity contribution < 1.29 is 14.1 Å². The lowest BCUT2D eigenvalue weighted by molar-refractivity contribution is -0.143. The van der Waals surface area contributed by atoms with E-state index in [1.807, 2.05) is 0 Å². The first-order valence-corrected chi connectivity index (χ1v) is 7.91. The number of nitrogens with zero attached hydrogens (tertiary/aromatic N) is 5. The van der Waals surface area contributed by atoms with Gasteiger partial charge in [0.1, 0.15) is 6.04 Å². The van der Waals surface area contributed by atoms with Crippen molar-refractivity contribution in [1.82, 2.24) is 30.3 Å². The summed E-state index contributed by atoms with van der Waals surface area (Å²) >= 11 is 0. The van der Waals surface area contributed by atoms with Crippen LogP contribution in [0.1, 0.15) is 25.2 Å². The molecule has 2 aliphatic heterocycles. The lowest BCUT2D eigenvalue weighted by Gasteiger charge is -2.34. The van der Waals surface area contributed by atoms with Crippen LogP contribution in [-0.4, -0.2) is 55.5 Å². The molecule has 4 heterocycles. The first-order chi connectivity index (χ1) is 11.7. The Kier molecular flexibility index (Phi) is 3.68. The Morgan fingerprint density at radius 3 is 2.96 bits per heavy atom. The molecule has 0 aromatic carbocycles. The maximum atomic E-state index is 12.5. The molecule has 0 radical (unpaired) electrons. The second kappa shape index (κ2) is 5.99. The third kappa shape index (κ3) is 2.61. The summed E-state index contributed by atoms with van der Waals surface area (Å²) in [6.07, 6.45) is 5.36. The summed E-state index contributed by atoms with van der Waals surface area (Å²) in [4.78, 5) is 38.4. The van der Waals surface area contributed by atoms with Crippen molar-refractivity contribution in [2.24, 2.45) is 0 Å². The van der Waals surface area contributed by atoms with E-state index < -0.39 is 0 Å². The summed E-state index contributed by atoms with van der Waals surface area (Å²) < 4.78 is 5.16. The Morgan fingerprint density at radius 1 is 1.29 bits per heavy atom. The van der Waals surface area contributed by atoms with Crippen LogP contribution in [0.5, 0.6) is 0 Å². The van der Waals surface area contributed by atoms with Crippen LogP contribution >= 0.6 is 0 Å². The Bertz CT molecular complexity index is 762. The first-order valence-electron chi connectivity index (χ1n) is 7.91. The van der Waals surface area contributed by atoms with Gasteiger partial charge in [-0.1, -0.05) is 5.16 Å². The van der Waals surface area contributed by atoms with E-state index in [1.165, 1.54) is 0 Å². The SMILES string of the molecule is O=C1NCC2CCC1N2C(=O)CCc1nc(-c2ncccn2)no1. The van der Waals surface area contributed by atoms with Crippen LogP contribution in [0.25, 0.3) is 11.6 Å². The summed E-state index contributed by atoms with van der Waals surface area (Å²) in [7, 11) is 0. The molecule has 2 aliphatic rings. The molecule has 0 spiro atoms. The number of aromatic nitrogens is 4. The summed E-state index contributed by atoms with van der Waals surface area (Å²) in [5.74, 6) is 0.936. The molecule has 24 heavy (non-hydrogen) atoms. The number of fused-ring (bicyclic) bond motifs is 2. The summed E-state index contributed by atoms with van der Waals surface area (Å²) in [5, 5.41) is 6.67. The number of nitrogens with one attached hydrogen (secondary N) is 1. The van der Waals surface area contributed by atoms with Crippen LogP contribution in [-0.2, 0) is 16.0 Å². The van der Waals surface area contributed by atoms with Crippen LogP contribution in [0.2, 0.25) is 0 Å². The van der Waals surface area contributed by atoms with E-state index in [9.17, 15) is 9.59 Å². The summed E-state index contributed by atoms with van der Waals surface area (Å²) in [6, 6.07) is 1.48. The minimum Gasteiger partial charge on any atom is -0.352 e. The molecule has 2 fully saturated rings. The number of rotatable bonds is 4. The zero-order valence-electron chi connectivity index (χ0n) is 12.9. The molecule has 2 saturated heterocycles. The molecule has 9 heteroatoms. The van der Waals surface area contributed by atoms with Crippen molar-refractivity contribution in [3.05, 3.63) is 24.4 Å². The standard InChI is InChI=1S/C15H16N6O3/c22-12(21-9-2-3-10(21)15(23)18-8-9)5-4-11-19-14(20-24-11)13-16-6-1-7-17-13/h1,6-7,9-10H,2-5,8H2,(H,18,23). The molecule has 0 saturated carbocycles. The highest BCUT2D eigenvalue weighted by molar-refractivity contribution is 5.90. The zero-order valence-corrected chi connectivity index (χ0v) is 12.9. The Hall–Kier alpha value is -2.84. The van der Waals surface area contributed by atoms with Crippen molar-refractivity contribution in [2.45, 2.75) is 37.8 Å². The van der Waals surface area contributed by atoms with Gasteiger partial charge in [0.25, 0.3) is 0 Å². The maximum absolute atomic E-state index is 12.5. The second-order valence-electron chi connectivity index (χ2n) is 5.88. The topological polar surface area (TPSA) is 114 Å². The minimum absolute atomic E-state index is 0.0481. The normalized spacial score (nSPS) is 22.5. The monoisotopic (exact) mass is 328 g/mol. The highest BCUT2D eigenvalue weighted by atomic mass is 16.5. The van der Waals surface area contributed by atoms with Gasteiger partial charge in [0.05, 0.1) is 0 Å². The van der Waals surface area contributed by atoms with Gasteiger partial charge in [-0.2, -0.15) is 4.98 Å². The molecule has 2 unspecified atom stereocenters. The van der Waals surface area contributed by atoms with Crippen molar-refractivity contribution in [3.8, 4) is 11.6 Å². The van der Waals surface area contributed by atoms with Gasteiger partial charge in [-0.15, -0.1) is 0 Å². The van der Waals surface area contributed by atoms with Gasteiger partial charge in [0.2, 0.25) is 29.4 Å². The predicted molar refractivity (Wildman–Crippen MR) is 80.3 cm³/mol. The largest absolute Gasteiger partial charge is 0.352 e. The molecule has 2 atom stereocenters. The average Bonchev–Trinajstić information content (AvgIpc) is 3.21. The average molecular weight is 328 g/mol. The molecule has 0 aliphatic carbocycles. The molecular weight excluding hydrogens is 312 g/mol. The molecule has 2 aromatic rings. The van der Waals surface area contributed by atoms with E-state index in [0.29, 0.717) is 30.5 Å². The predicted octanol–water partition coefficient (Wildman–Crippen LogP) is -0.0514. The fraction of sp³-hybridized carbons (Fsp3) is 0.467. The van der Waals surface area contributed by atoms with Crippen LogP contribution in [0, 0.1) is 0 Å². The van der Waals surface area contributed by atoms with Gasteiger partial charge >= 0.3 is 0 Å². The highest BCUT2D eigenvalue weighted by Crippen LogP contribution is 2.28. The number of amides is 2. The summed E-state index contributed by atoms with van der Waals surface area (Å²) in [6.45, 7) is 0.539. The number of hydrogen-bond donors (Lipinski definition) is 1. The number of aryl methyl sites for hydroxylation is 1. The van der Waals surface area contributed by atoms with Crippen molar-refractivity contribution in [2.75, 3.05) is 6.54 Å². The molecule has 2 amide bonds. The Morgan fingerprint density at radius 2 is 2.12 bits per heavy atom. The van der Waals surface area contributed by atoms with Crippen molar-refractivity contribution in [3.63, 3.8) is 0 Å². The van der Waals surface area contributed by atoms with Crippen molar-refractivity contribution in [1.29, 1.82) is 0 Å². The van der Waals surface area contributed by atoms with Crippen molar-refractivity contribution >= 4 is 11.8 Å². The lowest BCUT2D eigenvalue weighted by atomic mass is 10.1. The van der Waals surface area contributed by atoms with Gasteiger partial charge in [0, 0.05) is 37.8 Å². The third-order valence-electron chi connectivity index (χ3n) is 4.39. The van der Waals surface area contributed by atoms with E-state index >= 15 is 0 Å². The van der Waals surface area contributed by atoms with E-state index in [4.69, 9.17) is 4.52 Å². The first kappa shape index (κ1) is 14.7. The summed E-state index contributed by atoms with van der Waals surface area (Å²) in [5.41, 5.74) is 0. The minimum atomic E-state index is -0.327. The number of carbonyl (C=O) groups excluding carboxylic acids is 2. The van der Waals surface area contributed by atoms with Gasteiger partial charge in [0.15, 0.2) is 0 Å². The Labute approximate surface area is 137 Å². The van der Waals surface area contributed by atoms with Gasteiger partial charge in [-0.3, -0.25) is 9.59 Å². The van der Waals surface area contributed by atoms with Gasteiger partial charge in [-0.05, 0) is 18.9 Å². The van der Waals surface area contributed by atoms with Crippen LogP contribution < -0.4 is 5.32 Å². The van der Waals surface area contributed by atoms with E-state index in [2.05, 4.69) is 25.4 Å². The Balaban J connectivity index is 1.40. The van der Waals surface area contributed by atoms with Gasteiger partial charge in [-0.25, -0.2) is 9.97 Å². The quantitative estimate of drug-likeness (QED) is 0.836. The number of piperazine rings is 1. The molecular formula is C15H16N6O3. The maximum Gasteiger partial charge on any atom is 0.242 e. The number of hydrogen-bond acceptors (Lipinski definition) is 7. The van der Waals surface area contributed by atoms with E-state index in [-0.39, 0.29) is 30.3 Å². The fourth-order valence-electron chi connectivity index (χ4n) is 3.26.